The summed E-state index contributed by atoms with van der Waals surface area (Å²) in [6.07, 6.45) is -0.548. The number of hydrogen-bond acceptors (Lipinski definition) is 4. The zero-order valence-electron chi connectivity index (χ0n) is 14.0. The van der Waals surface area contributed by atoms with Gasteiger partial charge in [0.15, 0.2) is 6.10 Å². The van der Waals surface area contributed by atoms with Gasteiger partial charge in [-0.1, -0.05) is 13.8 Å². The van der Waals surface area contributed by atoms with Gasteiger partial charge in [-0.05, 0) is 38.0 Å². The molecule has 0 aliphatic carbocycles. The summed E-state index contributed by atoms with van der Waals surface area (Å²) in [5.41, 5.74) is 1.29. The fourth-order valence-electron chi connectivity index (χ4n) is 2.51. The summed E-state index contributed by atoms with van der Waals surface area (Å²) < 4.78 is 31.7. The lowest BCUT2D eigenvalue weighted by molar-refractivity contribution is -0.138. The molecule has 1 aromatic carbocycles. The van der Waals surface area contributed by atoms with Crippen molar-refractivity contribution in [2.75, 3.05) is 17.0 Å². The lowest BCUT2D eigenvalue weighted by Crippen LogP contribution is -2.39. The average Bonchev–Trinajstić information content (AvgIpc) is 2.57. The molecule has 0 spiro atoms. The summed E-state index contributed by atoms with van der Waals surface area (Å²) >= 11 is 0. The Balaban J connectivity index is 2.32. The first-order chi connectivity index (χ1) is 10.7. The van der Waals surface area contributed by atoms with E-state index in [1.54, 1.807) is 36.9 Å². The second-order valence-corrected chi connectivity index (χ2v) is 8.21. The number of amides is 1. The molecule has 0 aromatic heterocycles. The van der Waals surface area contributed by atoms with Gasteiger partial charge < -0.3 is 9.64 Å². The third kappa shape index (κ3) is 4.37. The summed E-state index contributed by atoms with van der Waals surface area (Å²) in [4.78, 5) is 14.2. The standard InChI is InChI=1S/C16H24N2O4S/c1-5-23(20,21)17-14-6-7-15-13(8-14)10-18(9-11(2)3)16(19)12(4)22-15/h6-8,11-12,17H,5,9-10H2,1-4H3. The van der Waals surface area contributed by atoms with E-state index in [2.05, 4.69) is 18.6 Å². The molecule has 6 nitrogen and oxygen atoms in total. The van der Waals surface area contributed by atoms with Gasteiger partial charge in [0.05, 0.1) is 5.75 Å². The molecule has 0 fully saturated rings. The zero-order chi connectivity index (χ0) is 17.2. The summed E-state index contributed by atoms with van der Waals surface area (Å²) in [7, 11) is -3.33. The molecule has 1 N–H and O–H groups in total. The minimum absolute atomic E-state index is 0.00950. The molecule has 1 aliphatic rings. The van der Waals surface area contributed by atoms with Crippen molar-refractivity contribution in [1.82, 2.24) is 4.90 Å². The van der Waals surface area contributed by atoms with Gasteiger partial charge in [-0.2, -0.15) is 0 Å². The molecule has 1 aliphatic heterocycles. The Hall–Kier alpha value is -1.76. The van der Waals surface area contributed by atoms with Gasteiger partial charge in [-0.15, -0.1) is 0 Å². The number of fused-ring (bicyclic) bond motifs is 1. The highest BCUT2D eigenvalue weighted by Crippen LogP contribution is 2.29. The molecule has 23 heavy (non-hydrogen) atoms. The monoisotopic (exact) mass is 340 g/mol. The number of carbonyl (C=O) groups excluding carboxylic acids is 1. The van der Waals surface area contributed by atoms with E-state index in [4.69, 9.17) is 4.74 Å². The lowest BCUT2D eigenvalue weighted by Gasteiger charge is -2.24. The number of nitrogens with zero attached hydrogens (tertiary/aromatic N) is 1. The summed E-state index contributed by atoms with van der Waals surface area (Å²) in [5.74, 6) is 0.923. The number of anilines is 1. The van der Waals surface area contributed by atoms with E-state index in [0.29, 0.717) is 30.4 Å². The van der Waals surface area contributed by atoms with Crippen LogP contribution in [0, 0.1) is 5.92 Å². The maximum Gasteiger partial charge on any atom is 0.263 e. The lowest BCUT2D eigenvalue weighted by atomic mass is 10.1. The summed E-state index contributed by atoms with van der Waals surface area (Å²) in [6, 6.07) is 5.11. The van der Waals surface area contributed by atoms with Crippen LogP contribution in [0.25, 0.3) is 0 Å². The molecule has 1 aromatic rings. The molecule has 128 valence electrons. The fraction of sp³-hybridized carbons (Fsp3) is 0.562. The molecule has 1 amide bonds. The SMILES string of the molecule is CCS(=O)(=O)Nc1ccc2c(c1)CN(CC(C)C)C(=O)C(C)O2. The van der Waals surface area contributed by atoms with Gasteiger partial charge in [-0.3, -0.25) is 9.52 Å². The quantitative estimate of drug-likeness (QED) is 0.892. The third-order valence-electron chi connectivity index (χ3n) is 3.62. The zero-order valence-corrected chi connectivity index (χ0v) is 14.8. The van der Waals surface area contributed by atoms with Crippen molar-refractivity contribution in [3.8, 4) is 5.75 Å². The van der Waals surface area contributed by atoms with E-state index < -0.39 is 16.1 Å². The van der Waals surface area contributed by atoms with Crippen molar-refractivity contribution in [3.05, 3.63) is 23.8 Å². The van der Waals surface area contributed by atoms with Gasteiger partial charge in [0.1, 0.15) is 5.75 Å². The van der Waals surface area contributed by atoms with Crippen molar-refractivity contribution < 1.29 is 17.9 Å². The topological polar surface area (TPSA) is 75.7 Å². The number of rotatable bonds is 5. The van der Waals surface area contributed by atoms with Crippen molar-refractivity contribution in [2.24, 2.45) is 5.92 Å². The molecule has 7 heteroatoms. The first-order valence-electron chi connectivity index (χ1n) is 7.80. The van der Waals surface area contributed by atoms with E-state index in [1.165, 1.54) is 0 Å². The average molecular weight is 340 g/mol. The van der Waals surface area contributed by atoms with Crippen molar-refractivity contribution in [3.63, 3.8) is 0 Å². The highest BCUT2D eigenvalue weighted by Gasteiger charge is 2.28. The molecule has 0 saturated heterocycles. The van der Waals surface area contributed by atoms with Crippen molar-refractivity contribution >= 4 is 21.6 Å². The Morgan fingerprint density at radius 1 is 1.39 bits per heavy atom. The normalized spacial score (nSPS) is 18.4. The van der Waals surface area contributed by atoms with Gasteiger partial charge in [-0.25, -0.2) is 8.42 Å². The maximum atomic E-state index is 12.4. The van der Waals surface area contributed by atoms with Crippen molar-refractivity contribution in [2.45, 2.75) is 40.3 Å². The maximum absolute atomic E-state index is 12.4. The van der Waals surface area contributed by atoms with Crippen LogP contribution in [-0.4, -0.2) is 37.6 Å². The number of hydrogen-bond donors (Lipinski definition) is 1. The van der Waals surface area contributed by atoms with Gasteiger partial charge in [0.2, 0.25) is 10.0 Å². The summed E-state index contributed by atoms with van der Waals surface area (Å²) in [5, 5.41) is 0. The molecular weight excluding hydrogens is 316 g/mol. The Kier molecular flexibility index (Phi) is 5.19. The number of nitrogens with one attached hydrogen (secondary N) is 1. The fourth-order valence-corrected chi connectivity index (χ4v) is 3.14. The molecule has 0 bridgehead atoms. The predicted molar refractivity (Wildman–Crippen MR) is 89.9 cm³/mol. The van der Waals surface area contributed by atoms with Crippen LogP contribution >= 0.6 is 0 Å². The van der Waals surface area contributed by atoms with Gasteiger partial charge in [0, 0.05) is 24.3 Å². The Labute approximate surface area is 137 Å². The molecule has 1 atom stereocenters. The second kappa shape index (κ2) is 6.78. The Morgan fingerprint density at radius 2 is 2.09 bits per heavy atom. The van der Waals surface area contributed by atoms with Crippen LogP contribution < -0.4 is 9.46 Å². The smallest absolute Gasteiger partial charge is 0.263 e. The van der Waals surface area contributed by atoms with Crippen LogP contribution in [0.4, 0.5) is 5.69 Å². The number of sulfonamides is 1. The predicted octanol–water partition coefficient (Wildman–Crippen LogP) is 2.21. The molecule has 0 radical (unpaired) electrons. The van der Waals surface area contributed by atoms with Crippen LogP contribution in [0.5, 0.6) is 5.75 Å². The highest BCUT2D eigenvalue weighted by atomic mass is 32.2. The van der Waals surface area contributed by atoms with Crippen LogP contribution in [0.3, 0.4) is 0 Å². The van der Waals surface area contributed by atoms with Crippen LogP contribution in [0.15, 0.2) is 18.2 Å². The van der Waals surface area contributed by atoms with Crippen LogP contribution in [0.1, 0.15) is 33.3 Å². The number of ether oxygens (including phenoxy) is 1. The largest absolute Gasteiger partial charge is 0.481 e. The molecule has 0 saturated carbocycles. The van der Waals surface area contributed by atoms with Crippen LogP contribution in [0.2, 0.25) is 0 Å². The number of benzene rings is 1. The van der Waals surface area contributed by atoms with E-state index in [0.717, 1.165) is 5.56 Å². The van der Waals surface area contributed by atoms with E-state index in [-0.39, 0.29) is 11.7 Å². The van der Waals surface area contributed by atoms with E-state index in [1.807, 2.05) is 0 Å². The molecule has 2 rings (SSSR count). The second-order valence-electron chi connectivity index (χ2n) is 6.20. The Morgan fingerprint density at radius 3 is 2.70 bits per heavy atom. The first-order valence-corrected chi connectivity index (χ1v) is 9.46. The number of carbonyl (C=O) groups is 1. The Bertz CT molecular complexity index is 685. The van der Waals surface area contributed by atoms with E-state index in [9.17, 15) is 13.2 Å². The van der Waals surface area contributed by atoms with E-state index >= 15 is 0 Å². The summed E-state index contributed by atoms with van der Waals surface area (Å²) in [6.45, 7) is 8.47. The van der Waals surface area contributed by atoms with Crippen LogP contribution in [-0.2, 0) is 21.4 Å². The van der Waals surface area contributed by atoms with Gasteiger partial charge in [0.25, 0.3) is 5.91 Å². The van der Waals surface area contributed by atoms with Crippen molar-refractivity contribution in [1.29, 1.82) is 0 Å². The minimum atomic E-state index is -3.33. The molecule has 1 heterocycles. The highest BCUT2D eigenvalue weighted by molar-refractivity contribution is 7.92. The third-order valence-corrected chi connectivity index (χ3v) is 4.93. The van der Waals surface area contributed by atoms with Gasteiger partial charge >= 0.3 is 0 Å². The first kappa shape index (κ1) is 17.6. The molecule has 1 unspecified atom stereocenters. The molecular formula is C16H24N2O4S. The minimum Gasteiger partial charge on any atom is -0.481 e.